The topological polar surface area (TPSA) is 88.4 Å². The van der Waals surface area contributed by atoms with Crippen molar-refractivity contribution < 1.29 is 30.8 Å². The van der Waals surface area contributed by atoms with Crippen molar-refractivity contribution in [2.75, 3.05) is 12.4 Å². The van der Waals surface area contributed by atoms with Gasteiger partial charge in [-0.2, -0.15) is 0 Å². The molecule has 0 radical (unpaired) electrons. The molecule has 0 aliphatic carbocycles. The minimum Gasteiger partial charge on any atom is -0.438 e. The lowest BCUT2D eigenvalue weighted by atomic mass is 10.2. The lowest BCUT2D eigenvalue weighted by Crippen LogP contribution is -2.18. The highest BCUT2D eigenvalue weighted by Crippen LogP contribution is 2.21. The quantitative estimate of drug-likeness (QED) is 0.836. The van der Waals surface area contributed by atoms with Crippen molar-refractivity contribution in [3.8, 4) is 0 Å². The van der Waals surface area contributed by atoms with E-state index in [1.165, 1.54) is 0 Å². The van der Waals surface area contributed by atoms with E-state index in [2.05, 4.69) is 0 Å². The Morgan fingerprint density at radius 3 is 2.41 bits per heavy atom. The first kappa shape index (κ1) is 16.0. The van der Waals surface area contributed by atoms with Gasteiger partial charge in [-0.3, -0.25) is 4.79 Å². The molecule has 10 heteroatoms. The zero-order chi connectivity index (χ0) is 16.5. The number of rotatable bonds is 4. The van der Waals surface area contributed by atoms with Gasteiger partial charge in [0.15, 0.2) is 23.2 Å². The van der Waals surface area contributed by atoms with E-state index in [0.29, 0.717) is 6.07 Å². The summed E-state index contributed by atoms with van der Waals surface area (Å²) < 4.78 is 68.9. The van der Waals surface area contributed by atoms with Crippen molar-refractivity contribution in [1.82, 2.24) is 4.72 Å². The molecule has 22 heavy (non-hydrogen) atoms. The fraction of sp³-hybridized carbons (Fsp3) is 0.0833. The fourth-order valence-electron chi connectivity index (χ4n) is 1.49. The van der Waals surface area contributed by atoms with E-state index in [0.717, 1.165) is 25.2 Å². The summed E-state index contributed by atoms with van der Waals surface area (Å²) in [5.41, 5.74) is -0.613. The molecule has 0 bridgehead atoms. The van der Waals surface area contributed by atoms with Gasteiger partial charge in [-0.05, 0) is 31.3 Å². The smallest absolute Gasteiger partial charge is 0.291 e. The Kier molecular flexibility index (Phi) is 4.24. The van der Waals surface area contributed by atoms with Gasteiger partial charge in [0.05, 0.1) is 5.69 Å². The predicted molar refractivity (Wildman–Crippen MR) is 69.2 cm³/mol. The molecule has 6 nitrogen and oxygen atoms in total. The number of carbonyl (C=O) groups is 1. The first-order valence-corrected chi connectivity index (χ1v) is 7.23. The van der Waals surface area contributed by atoms with Crippen LogP contribution in [0.2, 0.25) is 0 Å². The van der Waals surface area contributed by atoms with Crippen molar-refractivity contribution >= 4 is 21.6 Å². The second kappa shape index (κ2) is 5.81. The van der Waals surface area contributed by atoms with E-state index >= 15 is 0 Å². The van der Waals surface area contributed by atoms with E-state index < -0.39 is 49.9 Å². The van der Waals surface area contributed by atoms with Gasteiger partial charge in [0.25, 0.3) is 15.9 Å². The second-order valence-corrected chi connectivity index (χ2v) is 5.82. The van der Waals surface area contributed by atoms with Crippen LogP contribution in [0.1, 0.15) is 10.6 Å². The Balaban J connectivity index is 2.26. The van der Waals surface area contributed by atoms with E-state index in [1.54, 1.807) is 0 Å². The molecular formula is C12H9F3N2O4S. The standard InChI is InChI=1S/C12H9F3N2O4S/c1-16-22(19,20)9-5-4-8(21-9)12(18)17-7-3-2-6(13)10(14)11(7)15/h2-5,16H,1H3,(H,17,18). The molecule has 2 aromatic rings. The molecule has 0 unspecified atom stereocenters. The molecule has 0 aliphatic heterocycles. The van der Waals surface area contributed by atoms with Gasteiger partial charge < -0.3 is 9.73 Å². The van der Waals surface area contributed by atoms with Gasteiger partial charge in [-0.1, -0.05) is 0 Å². The summed E-state index contributed by atoms with van der Waals surface area (Å²) in [6.45, 7) is 0. The maximum atomic E-state index is 13.4. The van der Waals surface area contributed by atoms with Crippen LogP contribution in [-0.2, 0) is 10.0 Å². The number of benzene rings is 1. The fourth-order valence-corrected chi connectivity index (χ4v) is 2.14. The van der Waals surface area contributed by atoms with Crippen molar-refractivity contribution in [3.05, 3.63) is 47.5 Å². The average molecular weight is 334 g/mol. The van der Waals surface area contributed by atoms with Crippen molar-refractivity contribution in [3.63, 3.8) is 0 Å². The van der Waals surface area contributed by atoms with Crippen LogP contribution in [0.4, 0.5) is 18.9 Å². The second-order valence-electron chi connectivity index (χ2n) is 4.00. The van der Waals surface area contributed by atoms with Crippen LogP contribution in [0.25, 0.3) is 0 Å². The molecular weight excluding hydrogens is 325 g/mol. The molecule has 2 rings (SSSR count). The normalized spacial score (nSPS) is 11.5. The summed E-state index contributed by atoms with van der Waals surface area (Å²) >= 11 is 0. The SMILES string of the molecule is CNS(=O)(=O)c1ccc(C(=O)Nc2ccc(F)c(F)c2F)o1. The Morgan fingerprint density at radius 2 is 1.77 bits per heavy atom. The number of nitrogens with one attached hydrogen (secondary N) is 2. The highest BCUT2D eigenvalue weighted by molar-refractivity contribution is 7.89. The molecule has 2 N–H and O–H groups in total. The minimum atomic E-state index is -3.88. The first-order valence-electron chi connectivity index (χ1n) is 5.74. The zero-order valence-corrected chi connectivity index (χ0v) is 11.8. The molecule has 0 atom stereocenters. The summed E-state index contributed by atoms with van der Waals surface area (Å²) in [4.78, 5) is 11.8. The van der Waals surface area contributed by atoms with Crippen LogP contribution < -0.4 is 10.0 Å². The van der Waals surface area contributed by atoms with Crippen LogP contribution in [0.15, 0.2) is 33.8 Å². The molecule has 0 fully saturated rings. The lowest BCUT2D eigenvalue weighted by Gasteiger charge is -2.05. The molecule has 1 aromatic heterocycles. The summed E-state index contributed by atoms with van der Waals surface area (Å²) in [6.07, 6.45) is 0. The highest BCUT2D eigenvalue weighted by Gasteiger charge is 2.21. The van der Waals surface area contributed by atoms with E-state index in [1.807, 2.05) is 10.0 Å². The Hall–Kier alpha value is -2.33. The number of halogens is 3. The van der Waals surface area contributed by atoms with Gasteiger partial charge in [-0.15, -0.1) is 0 Å². The summed E-state index contributed by atoms with van der Waals surface area (Å²) in [6, 6.07) is 3.51. The molecule has 1 amide bonds. The molecule has 1 heterocycles. The third kappa shape index (κ3) is 2.97. The van der Waals surface area contributed by atoms with Crippen LogP contribution in [-0.4, -0.2) is 21.4 Å². The van der Waals surface area contributed by atoms with Gasteiger partial charge in [-0.25, -0.2) is 26.3 Å². The summed E-state index contributed by atoms with van der Waals surface area (Å²) in [7, 11) is -2.74. The maximum absolute atomic E-state index is 13.4. The molecule has 0 spiro atoms. The third-order valence-electron chi connectivity index (χ3n) is 2.62. The Bertz CT molecular complexity index is 833. The largest absolute Gasteiger partial charge is 0.438 e. The van der Waals surface area contributed by atoms with Crippen molar-refractivity contribution in [2.24, 2.45) is 0 Å². The summed E-state index contributed by atoms with van der Waals surface area (Å²) in [5.74, 6) is -6.20. The molecule has 0 aliphatic rings. The van der Waals surface area contributed by atoms with Crippen LogP contribution in [0.5, 0.6) is 0 Å². The highest BCUT2D eigenvalue weighted by atomic mass is 32.2. The van der Waals surface area contributed by atoms with Crippen molar-refractivity contribution in [1.29, 1.82) is 0 Å². The van der Waals surface area contributed by atoms with Crippen LogP contribution in [0, 0.1) is 17.5 Å². The molecule has 0 saturated heterocycles. The van der Waals surface area contributed by atoms with E-state index in [9.17, 15) is 26.4 Å². The van der Waals surface area contributed by atoms with Crippen LogP contribution >= 0.6 is 0 Å². The summed E-state index contributed by atoms with van der Waals surface area (Å²) in [5, 5.41) is 1.43. The zero-order valence-electron chi connectivity index (χ0n) is 11.0. The Labute approximate surface area is 123 Å². The van der Waals surface area contributed by atoms with E-state index in [4.69, 9.17) is 4.42 Å². The van der Waals surface area contributed by atoms with Gasteiger partial charge in [0, 0.05) is 0 Å². The number of carbonyl (C=O) groups excluding carboxylic acids is 1. The molecule has 118 valence electrons. The molecule has 0 saturated carbocycles. The Morgan fingerprint density at radius 1 is 1.09 bits per heavy atom. The lowest BCUT2D eigenvalue weighted by molar-refractivity contribution is 0.0991. The van der Waals surface area contributed by atoms with Crippen LogP contribution in [0.3, 0.4) is 0 Å². The molecule has 1 aromatic carbocycles. The van der Waals surface area contributed by atoms with E-state index in [-0.39, 0.29) is 0 Å². The number of amides is 1. The van der Waals surface area contributed by atoms with Gasteiger partial charge in [0.1, 0.15) is 0 Å². The number of hydrogen-bond donors (Lipinski definition) is 2. The van der Waals surface area contributed by atoms with Crippen molar-refractivity contribution in [2.45, 2.75) is 5.09 Å². The third-order valence-corrected chi connectivity index (χ3v) is 3.91. The number of hydrogen-bond acceptors (Lipinski definition) is 4. The monoisotopic (exact) mass is 334 g/mol. The predicted octanol–water partition coefficient (Wildman–Crippen LogP) is 1.86. The number of furan rings is 1. The van der Waals surface area contributed by atoms with Gasteiger partial charge >= 0.3 is 0 Å². The van der Waals surface area contributed by atoms with Gasteiger partial charge in [0.2, 0.25) is 5.09 Å². The first-order chi connectivity index (χ1) is 10.3. The maximum Gasteiger partial charge on any atom is 0.291 e. The average Bonchev–Trinajstić information content (AvgIpc) is 2.98. The number of sulfonamides is 1. The number of anilines is 1. The minimum absolute atomic E-state index is 0.446.